The molecule has 0 bridgehead atoms. The highest BCUT2D eigenvalue weighted by atomic mass is 32.2. The zero-order valence-electron chi connectivity index (χ0n) is 13.7. The summed E-state index contributed by atoms with van der Waals surface area (Å²) in [6.07, 6.45) is 0. The van der Waals surface area contributed by atoms with Crippen LogP contribution in [0.5, 0.6) is 11.5 Å². The van der Waals surface area contributed by atoms with Crippen molar-refractivity contribution >= 4 is 17.9 Å². The topological polar surface area (TPSA) is 61.2 Å². The van der Waals surface area contributed by atoms with Crippen molar-refractivity contribution in [2.45, 2.75) is 4.90 Å². The molecule has 0 saturated carbocycles. The van der Waals surface area contributed by atoms with E-state index in [0.717, 1.165) is 10.5 Å². The molecule has 7 heteroatoms. The minimum atomic E-state index is 0.675. The quantitative estimate of drug-likeness (QED) is 0.691. The van der Waals surface area contributed by atoms with Crippen LogP contribution in [0.1, 0.15) is 0 Å². The van der Waals surface area contributed by atoms with Crippen molar-refractivity contribution in [2.75, 3.05) is 18.9 Å². The maximum atomic E-state index is 5.32. The van der Waals surface area contributed by atoms with Gasteiger partial charge in [0.05, 0.1) is 14.2 Å². The maximum Gasteiger partial charge on any atom is 0.231 e. The Hall–Kier alpha value is -2.67. The number of nitrogens with one attached hydrogen (secondary N) is 1. The molecule has 0 fully saturated rings. The molecule has 0 aliphatic heterocycles. The molecule has 24 heavy (non-hydrogen) atoms. The molecule has 3 rings (SSSR count). The number of aryl methyl sites for hydroxylation is 1. The van der Waals surface area contributed by atoms with Gasteiger partial charge in [-0.15, -0.1) is 5.10 Å². The zero-order chi connectivity index (χ0) is 16.9. The van der Waals surface area contributed by atoms with Crippen molar-refractivity contribution in [2.24, 2.45) is 7.05 Å². The number of methoxy groups -OCH3 is 2. The van der Waals surface area contributed by atoms with Crippen molar-refractivity contribution in [1.82, 2.24) is 14.8 Å². The average Bonchev–Trinajstić information content (AvgIpc) is 3.01. The van der Waals surface area contributed by atoms with Crippen molar-refractivity contribution in [1.29, 1.82) is 0 Å². The van der Waals surface area contributed by atoms with Gasteiger partial charge in [-0.3, -0.25) is 4.72 Å². The molecule has 0 aliphatic rings. The van der Waals surface area contributed by atoms with E-state index >= 15 is 0 Å². The second-order valence-corrected chi connectivity index (χ2v) is 5.85. The Labute approximate surface area is 145 Å². The van der Waals surface area contributed by atoms with Crippen LogP contribution >= 0.6 is 11.9 Å². The first-order valence-electron chi connectivity index (χ1n) is 7.32. The molecule has 0 saturated heterocycles. The number of ether oxygens (including phenoxy) is 2. The van der Waals surface area contributed by atoms with E-state index in [1.807, 2.05) is 55.6 Å². The fourth-order valence-electron chi connectivity index (χ4n) is 2.17. The highest BCUT2D eigenvalue weighted by Gasteiger charge is 2.10. The van der Waals surface area contributed by atoms with E-state index in [4.69, 9.17) is 9.47 Å². The molecule has 0 unspecified atom stereocenters. The number of nitrogens with zero attached hydrogens (tertiary/aromatic N) is 3. The van der Waals surface area contributed by atoms with Crippen LogP contribution in [-0.2, 0) is 7.05 Å². The highest BCUT2D eigenvalue weighted by Crippen LogP contribution is 2.32. The first-order chi connectivity index (χ1) is 11.7. The largest absolute Gasteiger partial charge is 0.493 e. The SMILES string of the molecule is COc1ccc(SNc2nc(-c3ccccc3)nn2C)cc1OC. The number of rotatable bonds is 6. The third-order valence-corrected chi connectivity index (χ3v) is 4.18. The van der Waals surface area contributed by atoms with E-state index in [1.165, 1.54) is 11.9 Å². The molecule has 1 heterocycles. The van der Waals surface area contributed by atoms with E-state index in [9.17, 15) is 0 Å². The Morgan fingerprint density at radius 2 is 1.75 bits per heavy atom. The minimum absolute atomic E-state index is 0.675. The number of aromatic nitrogens is 3. The summed E-state index contributed by atoms with van der Waals surface area (Å²) in [6.45, 7) is 0. The van der Waals surface area contributed by atoms with Crippen molar-refractivity contribution in [3.8, 4) is 22.9 Å². The van der Waals surface area contributed by atoms with Crippen molar-refractivity contribution in [3.63, 3.8) is 0 Å². The van der Waals surface area contributed by atoms with Crippen LogP contribution in [0.2, 0.25) is 0 Å². The van der Waals surface area contributed by atoms with Gasteiger partial charge >= 0.3 is 0 Å². The van der Waals surface area contributed by atoms with Gasteiger partial charge in [0.25, 0.3) is 0 Å². The van der Waals surface area contributed by atoms with Crippen LogP contribution in [0.4, 0.5) is 5.95 Å². The van der Waals surface area contributed by atoms with E-state index < -0.39 is 0 Å². The molecule has 6 nitrogen and oxygen atoms in total. The summed E-state index contributed by atoms with van der Waals surface area (Å²) in [6, 6.07) is 15.6. The second kappa shape index (κ2) is 7.27. The van der Waals surface area contributed by atoms with E-state index in [0.29, 0.717) is 23.3 Å². The summed E-state index contributed by atoms with van der Waals surface area (Å²) in [5, 5.41) is 4.44. The summed E-state index contributed by atoms with van der Waals surface area (Å²) >= 11 is 1.44. The molecule has 124 valence electrons. The maximum absolute atomic E-state index is 5.32. The van der Waals surface area contributed by atoms with E-state index in [-0.39, 0.29) is 0 Å². The lowest BCUT2D eigenvalue weighted by Gasteiger charge is -2.09. The normalized spacial score (nSPS) is 10.5. The Balaban J connectivity index is 1.74. The molecule has 1 aromatic heterocycles. The molecular formula is C17H18N4O2S. The number of hydrogen-bond donors (Lipinski definition) is 1. The van der Waals surface area contributed by atoms with Gasteiger partial charge in [-0.05, 0) is 30.1 Å². The molecule has 0 spiro atoms. The molecule has 0 radical (unpaired) electrons. The lowest BCUT2D eigenvalue weighted by molar-refractivity contribution is 0.354. The molecule has 0 atom stereocenters. The zero-order valence-corrected chi connectivity index (χ0v) is 14.5. The van der Waals surface area contributed by atoms with Gasteiger partial charge in [-0.25, -0.2) is 4.68 Å². The molecule has 1 N–H and O–H groups in total. The van der Waals surface area contributed by atoms with Crippen LogP contribution in [0.25, 0.3) is 11.4 Å². The van der Waals surface area contributed by atoms with Crippen LogP contribution < -0.4 is 14.2 Å². The van der Waals surface area contributed by atoms with Crippen LogP contribution in [0.3, 0.4) is 0 Å². The predicted molar refractivity (Wildman–Crippen MR) is 95.5 cm³/mol. The fraction of sp³-hybridized carbons (Fsp3) is 0.176. The summed E-state index contributed by atoms with van der Waals surface area (Å²) in [5.41, 5.74) is 0.984. The van der Waals surface area contributed by atoms with Gasteiger partial charge in [0.1, 0.15) is 0 Å². The van der Waals surface area contributed by atoms with E-state index in [1.54, 1.807) is 18.9 Å². The van der Waals surface area contributed by atoms with Crippen molar-refractivity contribution in [3.05, 3.63) is 48.5 Å². The van der Waals surface area contributed by atoms with Gasteiger partial charge < -0.3 is 9.47 Å². The third kappa shape index (κ3) is 3.46. The highest BCUT2D eigenvalue weighted by molar-refractivity contribution is 8.00. The summed E-state index contributed by atoms with van der Waals surface area (Å²) in [7, 11) is 5.10. The van der Waals surface area contributed by atoms with E-state index in [2.05, 4.69) is 14.8 Å². The monoisotopic (exact) mass is 342 g/mol. The Bertz CT molecular complexity index is 821. The van der Waals surface area contributed by atoms with Crippen LogP contribution in [0, 0.1) is 0 Å². The molecule has 2 aromatic carbocycles. The van der Waals surface area contributed by atoms with Crippen LogP contribution in [-0.4, -0.2) is 29.0 Å². The molecular weight excluding hydrogens is 324 g/mol. The second-order valence-electron chi connectivity index (χ2n) is 4.97. The van der Waals surface area contributed by atoms with Gasteiger partial charge in [0.15, 0.2) is 17.3 Å². The van der Waals surface area contributed by atoms with Gasteiger partial charge in [0.2, 0.25) is 5.95 Å². The van der Waals surface area contributed by atoms with Crippen LogP contribution in [0.15, 0.2) is 53.4 Å². The Morgan fingerprint density at radius 1 is 1.00 bits per heavy atom. The first kappa shape index (κ1) is 16.2. The lowest BCUT2D eigenvalue weighted by atomic mass is 10.2. The lowest BCUT2D eigenvalue weighted by Crippen LogP contribution is -1.98. The fourth-order valence-corrected chi connectivity index (χ4v) is 2.86. The van der Waals surface area contributed by atoms with Crippen molar-refractivity contribution < 1.29 is 9.47 Å². The summed E-state index contributed by atoms with van der Waals surface area (Å²) in [4.78, 5) is 5.52. The number of benzene rings is 2. The first-order valence-corrected chi connectivity index (χ1v) is 8.14. The van der Waals surface area contributed by atoms with Gasteiger partial charge in [-0.1, -0.05) is 30.3 Å². The standard InChI is InChI=1S/C17H18N4O2S/c1-21-17(18-16(19-21)12-7-5-4-6-8-12)20-24-13-9-10-14(22-2)15(11-13)23-3/h4-11H,1-3H3,(H,18,19,20). The summed E-state index contributed by atoms with van der Waals surface area (Å²) < 4.78 is 15.5. The number of anilines is 1. The summed E-state index contributed by atoms with van der Waals surface area (Å²) in [5.74, 6) is 2.75. The Morgan fingerprint density at radius 3 is 2.46 bits per heavy atom. The molecule has 3 aromatic rings. The van der Waals surface area contributed by atoms with Gasteiger partial charge in [-0.2, -0.15) is 4.98 Å². The third-order valence-electron chi connectivity index (χ3n) is 3.41. The molecule has 0 aliphatic carbocycles. The predicted octanol–water partition coefficient (Wildman–Crippen LogP) is 3.62. The Kier molecular flexibility index (Phi) is 4.90. The average molecular weight is 342 g/mol. The van der Waals surface area contributed by atoms with Gasteiger partial charge in [0, 0.05) is 17.5 Å². The smallest absolute Gasteiger partial charge is 0.231 e. The number of hydrogen-bond acceptors (Lipinski definition) is 6. The molecule has 0 amide bonds. The minimum Gasteiger partial charge on any atom is -0.493 e.